The number of pyridine rings is 1. The maximum Gasteiger partial charge on any atom is 0.188 e. The molecule has 0 aliphatic rings. The van der Waals surface area contributed by atoms with E-state index in [0.717, 1.165) is 31.5 Å². The first kappa shape index (κ1) is 24.4. The molecule has 0 spiro atoms. The number of nitrogens with zero attached hydrogens (tertiary/aromatic N) is 2. The highest BCUT2D eigenvalue weighted by Gasteiger charge is 2.27. The van der Waals surface area contributed by atoms with Crippen LogP contribution in [0.4, 0.5) is 0 Å². The van der Waals surface area contributed by atoms with Gasteiger partial charge in [0.05, 0.1) is 6.54 Å². The molecule has 0 aliphatic heterocycles. The third-order valence-electron chi connectivity index (χ3n) is 5.14. The molecule has 0 radical (unpaired) electrons. The van der Waals surface area contributed by atoms with E-state index in [2.05, 4.69) is 65.6 Å². The van der Waals surface area contributed by atoms with E-state index >= 15 is 0 Å². The smallest absolute Gasteiger partial charge is 0.188 e. The number of hydrogen-bond acceptors (Lipinski definition) is 3. The summed E-state index contributed by atoms with van der Waals surface area (Å²) in [5.74, 6) is 0.492. The Morgan fingerprint density at radius 1 is 1.11 bits per heavy atom. The molecule has 0 fully saturated rings. The van der Waals surface area contributed by atoms with Crippen molar-refractivity contribution in [2.45, 2.75) is 51.6 Å². The standard InChI is InChI=1S/C22H33N5.HI/c1-4-22(5-2,27-18(3)19-11-7-6-8-12-19)17-26-21(23)25-16-14-20-13-9-10-15-24-20;/h6-13,15,18,27H,4-5,14,16-17H2,1-3H3,(H3,23,25,26);1H. The van der Waals surface area contributed by atoms with Gasteiger partial charge in [-0.2, -0.15) is 0 Å². The molecule has 4 N–H and O–H groups in total. The lowest BCUT2D eigenvalue weighted by atomic mass is 9.91. The van der Waals surface area contributed by atoms with Gasteiger partial charge in [0.15, 0.2) is 5.96 Å². The van der Waals surface area contributed by atoms with Crippen LogP contribution in [-0.2, 0) is 6.42 Å². The van der Waals surface area contributed by atoms with Gasteiger partial charge >= 0.3 is 0 Å². The average molecular weight is 495 g/mol. The Kier molecular flexibility index (Phi) is 11.1. The molecular weight excluding hydrogens is 461 g/mol. The topological polar surface area (TPSA) is 75.3 Å². The van der Waals surface area contributed by atoms with Crippen molar-refractivity contribution in [3.05, 3.63) is 66.0 Å². The third-order valence-corrected chi connectivity index (χ3v) is 5.14. The van der Waals surface area contributed by atoms with E-state index in [0.29, 0.717) is 12.5 Å². The highest BCUT2D eigenvalue weighted by atomic mass is 127. The van der Waals surface area contributed by atoms with Gasteiger partial charge in [0.2, 0.25) is 0 Å². The maximum absolute atomic E-state index is 6.09. The van der Waals surface area contributed by atoms with Crippen molar-refractivity contribution in [2.75, 3.05) is 13.1 Å². The molecule has 154 valence electrons. The number of benzene rings is 1. The van der Waals surface area contributed by atoms with Crippen LogP contribution in [0, 0.1) is 0 Å². The Morgan fingerprint density at radius 3 is 2.39 bits per heavy atom. The van der Waals surface area contributed by atoms with Gasteiger partial charge < -0.3 is 16.4 Å². The normalized spacial score (nSPS) is 12.9. The molecule has 1 aromatic carbocycles. The zero-order valence-electron chi connectivity index (χ0n) is 17.2. The molecule has 2 aromatic rings. The van der Waals surface area contributed by atoms with Crippen LogP contribution < -0.4 is 16.4 Å². The second-order valence-corrected chi connectivity index (χ2v) is 6.96. The Balaban J connectivity index is 0.00000392. The summed E-state index contributed by atoms with van der Waals surface area (Å²) < 4.78 is 0. The predicted molar refractivity (Wildman–Crippen MR) is 129 cm³/mol. The molecule has 2 rings (SSSR count). The highest BCUT2D eigenvalue weighted by Crippen LogP contribution is 2.22. The summed E-state index contributed by atoms with van der Waals surface area (Å²) in [7, 11) is 0. The van der Waals surface area contributed by atoms with Crippen LogP contribution in [0.25, 0.3) is 0 Å². The summed E-state index contributed by atoms with van der Waals surface area (Å²) >= 11 is 0. The van der Waals surface area contributed by atoms with E-state index in [-0.39, 0.29) is 35.6 Å². The number of nitrogens with two attached hydrogens (primary N) is 1. The number of hydrogen-bond donors (Lipinski definition) is 3. The quantitative estimate of drug-likeness (QED) is 0.264. The predicted octanol–water partition coefficient (Wildman–Crippen LogP) is 4.06. The van der Waals surface area contributed by atoms with Crippen LogP contribution in [0.3, 0.4) is 0 Å². The second-order valence-electron chi connectivity index (χ2n) is 6.96. The number of aromatic nitrogens is 1. The monoisotopic (exact) mass is 495 g/mol. The van der Waals surface area contributed by atoms with E-state index in [4.69, 9.17) is 5.73 Å². The molecular formula is C22H34IN5. The first-order chi connectivity index (χ1) is 13.1. The van der Waals surface area contributed by atoms with Crippen molar-refractivity contribution in [3.8, 4) is 0 Å². The molecule has 0 saturated carbocycles. The fourth-order valence-corrected chi connectivity index (χ4v) is 3.16. The summed E-state index contributed by atoms with van der Waals surface area (Å²) in [6.07, 6.45) is 4.62. The summed E-state index contributed by atoms with van der Waals surface area (Å²) in [5, 5.41) is 6.98. The van der Waals surface area contributed by atoms with Crippen molar-refractivity contribution in [1.29, 1.82) is 0 Å². The van der Waals surface area contributed by atoms with Crippen LogP contribution in [0.5, 0.6) is 0 Å². The van der Waals surface area contributed by atoms with Gasteiger partial charge in [-0.1, -0.05) is 50.2 Å². The molecule has 0 saturated heterocycles. The summed E-state index contributed by atoms with van der Waals surface area (Å²) in [5.41, 5.74) is 8.36. The van der Waals surface area contributed by atoms with E-state index in [1.54, 1.807) is 0 Å². The second kappa shape index (κ2) is 12.7. The first-order valence-electron chi connectivity index (χ1n) is 9.85. The molecule has 1 atom stereocenters. The van der Waals surface area contributed by atoms with Gasteiger partial charge in [-0.05, 0) is 37.5 Å². The number of nitrogens with one attached hydrogen (secondary N) is 2. The lowest BCUT2D eigenvalue weighted by molar-refractivity contribution is 0.281. The van der Waals surface area contributed by atoms with Gasteiger partial charge in [-0.3, -0.25) is 9.98 Å². The SMILES string of the molecule is CCC(CC)(CN=C(N)NCCc1ccccn1)NC(C)c1ccccc1.I. The van der Waals surface area contributed by atoms with Crippen LogP contribution in [0.15, 0.2) is 59.7 Å². The molecule has 1 heterocycles. The van der Waals surface area contributed by atoms with Gasteiger partial charge in [0.1, 0.15) is 0 Å². The average Bonchev–Trinajstić information content (AvgIpc) is 2.72. The Morgan fingerprint density at radius 2 is 1.79 bits per heavy atom. The van der Waals surface area contributed by atoms with Crippen LogP contribution >= 0.6 is 24.0 Å². The molecule has 0 bridgehead atoms. The summed E-state index contributed by atoms with van der Waals surface area (Å²) in [4.78, 5) is 8.93. The summed E-state index contributed by atoms with van der Waals surface area (Å²) in [6, 6.07) is 16.7. The van der Waals surface area contributed by atoms with E-state index in [1.165, 1.54) is 5.56 Å². The Bertz CT molecular complexity index is 687. The fourth-order valence-electron chi connectivity index (χ4n) is 3.16. The molecule has 1 unspecified atom stereocenters. The van der Waals surface area contributed by atoms with Gasteiger partial charge in [0, 0.05) is 36.4 Å². The van der Waals surface area contributed by atoms with Crippen molar-refractivity contribution in [2.24, 2.45) is 10.7 Å². The Labute approximate surface area is 186 Å². The summed E-state index contributed by atoms with van der Waals surface area (Å²) in [6.45, 7) is 7.99. The zero-order chi connectivity index (χ0) is 19.5. The first-order valence-corrected chi connectivity index (χ1v) is 9.85. The van der Waals surface area contributed by atoms with Crippen molar-refractivity contribution in [3.63, 3.8) is 0 Å². The number of guanidine groups is 1. The number of halogens is 1. The van der Waals surface area contributed by atoms with Crippen molar-refractivity contribution in [1.82, 2.24) is 15.6 Å². The molecule has 0 amide bonds. The van der Waals surface area contributed by atoms with Crippen LogP contribution in [-0.4, -0.2) is 29.6 Å². The molecule has 1 aromatic heterocycles. The molecule has 5 nitrogen and oxygen atoms in total. The minimum absolute atomic E-state index is 0. The zero-order valence-corrected chi connectivity index (χ0v) is 19.5. The molecule has 28 heavy (non-hydrogen) atoms. The van der Waals surface area contributed by atoms with Crippen molar-refractivity contribution >= 4 is 29.9 Å². The van der Waals surface area contributed by atoms with Gasteiger partial charge in [-0.25, -0.2) is 0 Å². The third kappa shape index (κ3) is 7.75. The van der Waals surface area contributed by atoms with E-state index in [9.17, 15) is 0 Å². The van der Waals surface area contributed by atoms with E-state index in [1.807, 2.05) is 30.5 Å². The van der Waals surface area contributed by atoms with Crippen LogP contribution in [0.1, 0.15) is 50.9 Å². The van der Waals surface area contributed by atoms with Gasteiger partial charge in [-0.15, -0.1) is 24.0 Å². The van der Waals surface area contributed by atoms with Crippen molar-refractivity contribution < 1.29 is 0 Å². The number of rotatable bonds is 10. The molecule has 0 aliphatic carbocycles. The lowest BCUT2D eigenvalue weighted by Crippen LogP contribution is -2.49. The van der Waals surface area contributed by atoms with E-state index < -0.39 is 0 Å². The van der Waals surface area contributed by atoms with Crippen LogP contribution in [0.2, 0.25) is 0 Å². The van der Waals surface area contributed by atoms with Gasteiger partial charge in [0.25, 0.3) is 0 Å². The Hall–Kier alpha value is -1.67. The molecule has 6 heteroatoms. The largest absolute Gasteiger partial charge is 0.370 e. The fraction of sp³-hybridized carbons (Fsp3) is 0.455. The minimum Gasteiger partial charge on any atom is -0.370 e. The minimum atomic E-state index is -0.0669. The highest BCUT2D eigenvalue weighted by molar-refractivity contribution is 14.0. The number of aliphatic imine (C=N–C) groups is 1. The lowest BCUT2D eigenvalue weighted by Gasteiger charge is -2.35. The maximum atomic E-state index is 6.09.